The van der Waals surface area contributed by atoms with E-state index in [0.717, 1.165) is 28.8 Å². The van der Waals surface area contributed by atoms with Crippen molar-refractivity contribution in [3.63, 3.8) is 0 Å². The lowest BCUT2D eigenvalue weighted by Gasteiger charge is -2.15. The predicted molar refractivity (Wildman–Crippen MR) is 137 cm³/mol. The molecule has 0 atom stereocenters. The van der Waals surface area contributed by atoms with Crippen molar-refractivity contribution in [1.82, 2.24) is 10.2 Å². The second-order valence-corrected chi connectivity index (χ2v) is 8.74. The number of fused-ring (bicyclic) bond motifs is 1. The van der Waals surface area contributed by atoms with E-state index in [2.05, 4.69) is 15.5 Å². The van der Waals surface area contributed by atoms with Gasteiger partial charge >= 0.3 is 5.97 Å². The van der Waals surface area contributed by atoms with Gasteiger partial charge in [-0.3, -0.25) is 9.59 Å². The predicted octanol–water partition coefficient (Wildman–Crippen LogP) is 4.42. The van der Waals surface area contributed by atoms with Crippen LogP contribution >= 0.6 is 0 Å². The topological polar surface area (TPSA) is 115 Å². The van der Waals surface area contributed by atoms with Gasteiger partial charge in [-0.25, -0.2) is 4.79 Å². The number of hydrogen-bond acceptors (Lipinski definition) is 7. The van der Waals surface area contributed by atoms with Crippen molar-refractivity contribution in [3.05, 3.63) is 83.4 Å². The van der Waals surface area contributed by atoms with E-state index >= 15 is 0 Å². The molecule has 9 nitrogen and oxygen atoms in total. The van der Waals surface area contributed by atoms with Gasteiger partial charge in [0.15, 0.2) is 6.61 Å². The minimum atomic E-state index is -0.626. The van der Waals surface area contributed by atoms with Crippen LogP contribution in [0.25, 0.3) is 22.9 Å². The Balaban J connectivity index is 1.16. The first kappa shape index (κ1) is 23.9. The van der Waals surface area contributed by atoms with Crippen molar-refractivity contribution in [1.29, 1.82) is 0 Å². The Labute approximate surface area is 213 Å². The third-order valence-corrected chi connectivity index (χ3v) is 6.06. The van der Waals surface area contributed by atoms with Gasteiger partial charge in [-0.05, 0) is 73.5 Å². The minimum Gasteiger partial charge on any atom is -0.452 e. The number of carbonyl (C=O) groups is 3. The lowest BCUT2D eigenvalue weighted by atomic mass is 10.1. The van der Waals surface area contributed by atoms with Gasteiger partial charge in [0.1, 0.15) is 0 Å². The minimum absolute atomic E-state index is 0.0143. The van der Waals surface area contributed by atoms with Gasteiger partial charge in [-0.2, -0.15) is 0 Å². The molecule has 1 aliphatic rings. The zero-order chi connectivity index (χ0) is 25.9. The molecule has 2 heterocycles. The molecule has 37 heavy (non-hydrogen) atoms. The summed E-state index contributed by atoms with van der Waals surface area (Å²) in [5.41, 5.74) is 5.31. The van der Waals surface area contributed by atoms with E-state index < -0.39 is 18.5 Å². The molecule has 9 heteroatoms. The van der Waals surface area contributed by atoms with Crippen molar-refractivity contribution in [2.75, 3.05) is 23.4 Å². The van der Waals surface area contributed by atoms with E-state index in [1.54, 1.807) is 41.3 Å². The zero-order valence-electron chi connectivity index (χ0n) is 20.4. The van der Waals surface area contributed by atoms with E-state index in [1.807, 2.05) is 37.3 Å². The molecule has 0 radical (unpaired) electrons. The van der Waals surface area contributed by atoms with E-state index in [4.69, 9.17) is 9.15 Å². The maximum atomic E-state index is 12.4. The highest BCUT2D eigenvalue weighted by molar-refractivity contribution is 5.97. The molecule has 0 aliphatic carbocycles. The van der Waals surface area contributed by atoms with Gasteiger partial charge in [0.25, 0.3) is 5.91 Å². The lowest BCUT2D eigenvalue weighted by Crippen LogP contribution is -2.25. The number of carbonyl (C=O) groups excluding carboxylic acids is 3. The van der Waals surface area contributed by atoms with Crippen molar-refractivity contribution in [3.8, 4) is 22.9 Å². The first-order valence-electron chi connectivity index (χ1n) is 11.8. The van der Waals surface area contributed by atoms with E-state index in [0.29, 0.717) is 29.6 Å². The number of ether oxygens (including phenoxy) is 1. The van der Waals surface area contributed by atoms with Crippen LogP contribution in [0.15, 0.2) is 71.1 Å². The number of anilines is 2. The molecule has 0 bridgehead atoms. The Bertz CT molecular complexity index is 1480. The number of nitrogens with one attached hydrogen (secondary N) is 1. The number of rotatable bonds is 6. The molecule has 0 fully saturated rings. The molecule has 0 spiro atoms. The maximum Gasteiger partial charge on any atom is 0.338 e. The number of aromatic nitrogens is 2. The smallest absolute Gasteiger partial charge is 0.338 e. The van der Waals surface area contributed by atoms with Gasteiger partial charge < -0.3 is 19.4 Å². The van der Waals surface area contributed by atoms with Crippen LogP contribution in [0, 0.1) is 6.92 Å². The molecule has 1 aliphatic heterocycles. The van der Waals surface area contributed by atoms with Gasteiger partial charge in [0.05, 0.1) is 5.56 Å². The number of nitrogens with zero attached hydrogens (tertiary/aromatic N) is 3. The van der Waals surface area contributed by atoms with Gasteiger partial charge in [-0.1, -0.05) is 17.7 Å². The normalized spacial score (nSPS) is 12.2. The van der Waals surface area contributed by atoms with Crippen LogP contribution in [0.1, 0.15) is 28.4 Å². The van der Waals surface area contributed by atoms with E-state index in [1.165, 1.54) is 6.92 Å². The summed E-state index contributed by atoms with van der Waals surface area (Å²) in [6, 6.07) is 19.6. The number of aryl methyl sites for hydroxylation is 1. The van der Waals surface area contributed by atoms with Crippen LogP contribution in [0.5, 0.6) is 0 Å². The van der Waals surface area contributed by atoms with E-state index in [9.17, 15) is 14.4 Å². The van der Waals surface area contributed by atoms with Crippen LogP contribution < -0.4 is 10.2 Å². The second-order valence-electron chi connectivity index (χ2n) is 8.74. The SMILES string of the molecule is CC(=O)N1CCc2cc(NC(=O)COC(=O)c3ccc(-c4nnc(-c5ccc(C)cc5)o4)cc3)ccc21. The monoisotopic (exact) mass is 496 g/mol. The van der Waals surface area contributed by atoms with Crippen LogP contribution in [0.3, 0.4) is 0 Å². The van der Waals surface area contributed by atoms with Crippen LogP contribution in [-0.2, 0) is 20.7 Å². The largest absolute Gasteiger partial charge is 0.452 e. The summed E-state index contributed by atoms with van der Waals surface area (Å²) in [5.74, 6) is -0.362. The summed E-state index contributed by atoms with van der Waals surface area (Å²) in [4.78, 5) is 38.1. The Morgan fingerprint density at radius 1 is 0.946 bits per heavy atom. The summed E-state index contributed by atoms with van der Waals surface area (Å²) >= 11 is 0. The molecule has 0 saturated heterocycles. The molecule has 0 unspecified atom stereocenters. The van der Waals surface area contributed by atoms with Crippen molar-refractivity contribution >= 4 is 29.2 Å². The standard InChI is InChI=1S/C28H24N4O5/c1-17-3-5-19(6-4-17)26-30-31-27(37-26)20-7-9-21(10-8-20)28(35)36-16-25(34)29-23-11-12-24-22(15-23)13-14-32(24)18(2)33/h3-12,15H,13-14,16H2,1-2H3,(H,29,34). The summed E-state index contributed by atoms with van der Waals surface area (Å²) in [5, 5.41) is 10.9. The molecule has 3 aromatic carbocycles. The average molecular weight is 497 g/mol. The highest BCUT2D eigenvalue weighted by Gasteiger charge is 2.22. The number of amides is 2. The zero-order valence-corrected chi connectivity index (χ0v) is 20.4. The molecule has 1 aromatic heterocycles. The first-order valence-corrected chi connectivity index (χ1v) is 11.8. The van der Waals surface area contributed by atoms with Gasteiger partial charge in [0.2, 0.25) is 17.7 Å². The summed E-state index contributed by atoms with van der Waals surface area (Å²) < 4.78 is 10.9. The van der Waals surface area contributed by atoms with Crippen LogP contribution in [-0.4, -0.2) is 41.1 Å². The molecule has 4 aromatic rings. The number of benzene rings is 3. The summed E-state index contributed by atoms with van der Waals surface area (Å²) in [7, 11) is 0. The first-order chi connectivity index (χ1) is 17.9. The molecule has 1 N–H and O–H groups in total. The molecule has 186 valence electrons. The number of esters is 1. The van der Waals surface area contributed by atoms with Crippen molar-refractivity contribution in [2.24, 2.45) is 0 Å². The molecule has 2 amide bonds. The Morgan fingerprint density at radius 2 is 1.59 bits per heavy atom. The van der Waals surface area contributed by atoms with Crippen molar-refractivity contribution < 1.29 is 23.5 Å². The fourth-order valence-corrected chi connectivity index (χ4v) is 4.12. The van der Waals surface area contributed by atoms with E-state index in [-0.39, 0.29) is 11.5 Å². The Hall–Kier alpha value is -4.79. The van der Waals surface area contributed by atoms with Crippen LogP contribution in [0.2, 0.25) is 0 Å². The maximum absolute atomic E-state index is 12.4. The summed E-state index contributed by atoms with van der Waals surface area (Å²) in [6.07, 6.45) is 0.723. The molecular formula is C28H24N4O5. The fraction of sp³-hybridized carbons (Fsp3) is 0.179. The average Bonchev–Trinajstić information content (AvgIpc) is 3.55. The summed E-state index contributed by atoms with van der Waals surface area (Å²) in [6.45, 7) is 3.72. The van der Waals surface area contributed by atoms with Gasteiger partial charge in [-0.15, -0.1) is 10.2 Å². The fourth-order valence-electron chi connectivity index (χ4n) is 4.12. The molecule has 5 rings (SSSR count). The molecule has 0 saturated carbocycles. The second kappa shape index (κ2) is 10.1. The Kier molecular flexibility index (Phi) is 6.51. The van der Waals surface area contributed by atoms with Crippen molar-refractivity contribution in [2.45, 2.75) is 20.3 Å². The van der Waals surface area contributed by atoms with Gasteiger partial charge in [0, 0.05) is 36.0 Å². The highest BCUT2D eigenvalue weighted by Crippen LogP contribution is 2.30. The van der Waals surface area contributed by atoms with Crippen LogP contribution in [0.4, 0.5) is 11.4 Å². The lowest BCUT2D eigenvalue weighted by molar-refractivity contribution is -0.119. The quantitative estimate of drug-likeness (QED) is 0.393. The third kappa shape index (κ3) is 5.25. The Morgan fingerprint density at radius 3 is 2.24 bits per heavy atom. The number of hydrogen-bond donors (Lipinski definition) is 1. The highest BCUT2D eigenvalue weighted by atomic mass is 16.5. The third-order valence-electron chi connectivity index (χ3n) is 6.06. The molecular weight excluding hydrogens is 472 g/mol.